The third kappa shape index (κ3) is 10.4. The van der Waals surface area contributed by atoms with Gasteiger partial charge < -0.3 is 15.6 Å². The molecule has 0 aromatic carbocycles. The summed E-state index contributed by atoms with van der Waals surface area (Å²) >= 11 is 0. The first-order valence-electron chi connectivity index (χ1n) is 6.24. The summed E-state index contributed by atoms with van der Waals surface area (Å²) in [6, 6.07) is 0. The van der Waals surface area contributed by atoms with Crippen molar-refractivity contribution in [1.29, 1.82) is 0 Å². The number of ether oxygens (including phenoxy) is 1. The predicted molar refractivity (Wildman–Crippen MR) is 68.4 cm³/mol. The molecular formula is C13H29NO2. The van der Waals surface area contributed by atoms with Gasteiger partial charge in [-0.2, -0.15) is 0 Å². The molecule has 0 spiro atoms. The van der Waals surface area contributed by atoms with Gasteiger partial charge >= 0.3 is 0 Å². The summed E-state index contributed by atoms with van der Waals surface area (Å²) < 4.78 is 5.55. The maximum absolute atomic E-state index is 8.97. The molecule has 3 heteroatoms. The second-order valence-electron chi connectivity index (χ2n) is 6.19. The zero-order chi connectivity index (χ0) is 12.7. The molecule has 3 N–H and O–H groups in total. The zero-order valence-corrected chi connectivity index (χ0v) is 11.4. The summed E-state index contributed by atoms with van der Waals surface area (Å²) in [4.78, 5) is 0. The Hall–Kier alpha value is -0.120. The number of unbranched alkanes of at least 4 members (excludes halogenated alkanes) is 1. The number of aliphatic hydroxyl groups excluding tert-OH is 1. The fourth-order valence-corrected chi connectivity index (χ4v) is 1.29. The quantitative estimate of drug-likeness (QED) is 0.630. The number of hydrogen-bond donors (Lipinski definition) is 2. The molecule has 0 radical (unpaired) electrons. The van der Waals surface area contributed by atoms with Gasteiger partial charge in [0.1, 0.15) is 0 Å². The second-order valence-corrected chi connectivity index (χ2v) is 6.19. The van der Waals surface area contributed by atoms with Crippen molar-refractivity contribution in [3.05, 3.63) is 0 Å². The smallest absolute Gasteiger partial charge is 0.0608 e. The summed E-state index contributed by atoms with van der Waals surface area (Å²) in [7, 11) is 0. The fraction of sp³-hybridized carbons (Fsp3) is 1.00. The Balaban J connectivity index is 3.29. The highest BCUT2D eigenvalue weighted by molar-refractivity contribution is 4.76. The Morgan fingerprint density at radius 3 is 2.12 bits per heavy atom. The van der Waals surface area contributed by atoms with Crippen LogP contribution in [-0.2, 0) is 4.74 Å². The zero-order valence-electron chi connectivity index (χ0n) is 11.4. The van der Waals surface area contributed by atoms with E-state index in [0.717, 1.165) is 38.9 Å². The normalized spacial score (nSPS) is 16.1. The molecule has 0 aliphatic rings. The van der Waals surface area contributed by atoms with E-state index in [0.29, 0.717) is 5.41 Å². The minimum absolute atomic E-state index is 0.0535. The van der Waals surface area contributed by atoms with E-state index >= 15 is 0 Å². The van der Waals surface area contributed by atoms with Gasteiger partial charge in [-0.15, -0.1) is 0 Å². The minimum atomic E-state index is -0.425. The van der Waals surface area contributed by atoms with Crippen LogP contribution in [0.5, 0.6) is 0 Å². The molecule has 0 rings (SSSR count). The van der Waals surface area contributed by atoms with E-state index in [1.807, 2.05) is 6.92 Å². The molecule has 0 aromatic heterocycles. The summed E-state index contributed by atoms with van der Waals surface area (Å²) in [6.45, 7) is 10.2. The highest BCUT2D eigenvalue weighted by atomic mass is 16.5. The standard InChI is InChI=1S/C13H29NO2/c1-12(2,3)8-10-16-9-6-5-7-13(4,14)11-15/h15H,5-11,14H2,1-4H3. The second kappa shape index (κ2) is 7.25. The first-order chi connectivity index (χ1) is 7.27. The monoisotopic (exact) mass is 231 g/mol. The van der Waals surface area contributed by atoms with E-state index in [4.69, 9.17) is 15.6 Å². The maximum Gasteiger partial charge on any atom is 0.0608 e. The number of hydrogen-bond acceptors (Lipinski definition) is 3. The molecule has 1 atom stereocenters. The van der Waals surface area contributed by atoms with E-state index in [1.54, 1.807) is 0 Å². The molecule has 3 nitrogen and oxygen atoms in total. The van der Waals surface area contributed by atoms with Crippen LogP contribution in [0, 0.1) is 5.41 Å². The molecule has 16 heavy (non-hydrogen) atoms. The van der Waals surface area contributed by atoms with Crippen molar-refractivity contribution in [2.24, 2.45) is 11.1 Å². The highest BCUT2D eigenvalue weighted by Crippen LogP contribution is 2.18. The molecule has 0 aromatic rings. The van der Waals surface area contributed by atoms with E-state index in [1.165, 1.54) is 0 Å². The molecule has 0 saturated carbocycles. The van der Waals surface area contributed by atoms with E-state index in [-0.39, 0.29) is 6.61 Å². The number of aliphatic hydroxyl groups is 1. The van der Waals surface area contributed by atoms with Crippen LogP contribution in [0.4, 0.5) is 0 Å². The number of rotatable bonds is 8. The lowest BCUT2D eigenvalue weighted by molar-refractivity contribution is 0.102. The molecule has 0 amide bonds. The van der Waals surface area contributed by atoms with Gasteiger partial charge in [-0.25, -0.2) is 0 Å². The largest absolute Gasteiger partial charge is 0.394 e. The lowest BCUT2D eigenvalue weighted by Crippen LogP contribution is -2.39. The van der Waals surface area contributed by atoms with E-state index in [9.17, 15) is 0 Å². The van der Waals surface area contributed by atoms with Crippen LogP contribution in [0.25, 0.3) is 0 Å². The van der Waals surface area contributed by atoms with Gasteiger partial charge in [-0.05, 0) is 38.0 Å². The fourth-order valence-electron chi connectivity index (χ4n) is 1.29. The molecule has 0 fully saturated rings. The van der Waals surface area contributed by atoms with Crippen LogP contribution >= 0.6 is 0 Å². The first kappa shape index (κ1) is 15.9. The molecule has 0 saturated heterocycles. The predicted octanol–water partition coefficient (Wildman–Crippen LogP) is 2.32. The number of nitrogens with two attached hydrogens (primary N) is 1. The Kier molecular flexibility index (Phi) is 7.20. The summed E-state index contributed by atoms with van der Waals surface area (Å²) in [6.07, 6.45) is 3.99. The van der Waals surface area contributed by atoms with Gasteiger partial charge in [0.2, 0.25) is 0 Å². The topological polar surface area (TPSA) is 55.5 Å². The Morgan fingerprint density at radius 1 is 1.00 bits per heavy atom. The summed E-state index contributed by atoms with van der Waals surface area (Å²) in [5, 5.41) is 8.97. The summed E-state index contributed by atoms with van der Waals surface area (Å²) in [5.74, 6) is 0. The maximum atomic E-state index is 8.97. The first-order valence-corrected chi connectivity index (χ1v) is 6.24. The van der Waals surface area contributed by atoms with Crippen LogP contribution in [-0.4, -0.2) is 30.5 Å². The molecule has 98 valence electrons. The van der Waals surface area contributed by atoms with Crippen LogP contribution in [0.15, 0.2) is 0 Å². The van der Waals surface area contributed by atoms with Gasteiger partial charge in [-0.1, -0.05) is 20.8 Å². The van der Waals surface area contributed by atoms with Crippen LogP contribution in [0.1, 0.15) is 53.4 Å². The third-order valence-corrected chi connectivity index (χ3v) is 2.64. The van der Waals surface area contributed by atoms with Gasteiger partial charge in [-0.3, -0.25) is 0 Å². The molecule has 0 bridgehead atoms. The van der Waals surface area contributed by atoms with Crippen molar-refractivity contribution < 1.29 is 9.84 Å². The van der Waals surface area contributed by atoms with Crippen molar-refractivity contribution in [3.63, 3.8) is 0 Å². The average Bonchev–Trinajstić information content (AvgIpc) is 2.14. The van der Waals surface area contributed by atoms with Crippen molar-refractivity contribution >= 4 is 0 Å². The van der Waals surface area contributed by atoms with Crippen LogP contribution in [0.3, 0.4) is 0 Å². The van der Waals surface area contributed by atoms with Gasteiger partial charge in [0.25, 0.3) is 0 Å². The third-order valence-electron chi connectivity index (χ3n) is 2.64. The minimum Gasteiger partial charge on any atom is -0.394 e. The Bertz CT molecular complexity index is 173. The molecule has 0 heterocycles. The van der Waals surface area contributed by atoms with Crippen molar-refractivity contribution in [1.82, 2.24) is 0 Å². The molecular weight excluding hydrogens is 202 g/mol. The molecule has 0 aliphatic heterocycles. The highest BCUT2D eigenvalue weighted by Gasteiger charge is 2.15. The van der Waals surface area contributed by atoms with E-state index in [2.05, 4.69) is 20.8 Å². The van der Waals surface area contributed by atoms with Gasteiger partial charge in [0.05, 0.1) is 6.61 Å². The summed E-state index contributed by atoms with van der Waals surface area (Å²) in [5.41, 5.74) is 5.75. The van der Waals surface area contributed by atoms with Crippen molar-refractivity contribution in [3.8, 4) is 0 Å². The van der Waals surface area contributed by atoms with Crippen molar-refractivity contribution in [2.45, 2.75) is 58.9 Å². The molecule has 1 unspecified atom stereocenters. The van der Waals surface area contributed by atoms with Gasteiger partial charge in [0.15, 0.2) is 0 Å². The molecule has 0 aliphatic carbocycles. The Labute approximate surface area is 100 Å². The Morgan fingerprint density at radius 2 is 1.62 bits per heavy atom. The average molecular weight is 231 g/mol. The van der Waals surface area contributed by atoms with Gasteiger partial charge in [0, 0.05) is 18.8 Å². The van der Waals surface area contributed by atoms with E-state index < -0.39 is 5.54 Å². The lowest BCUT2D eigenvalue weighted by Gasteiger charge is -2.21. The van der Waals surface area contributed by atoms with Crippen LogP contribution in [0.2, 0.25) is 0 Å². The lowest BCUT2D eigenvalue weighted by atomic mass is 9.93. The van der Waals surface area contributed by atoms with Crippen molar-refractivity contribution in [2.75, 3.05) is 19.8 Å². The SMILES string of the molecule is CC(C)(C)CCOCCCCC(C)(N)CO. The van der Waals surface area contributed by atoms with Crippen LogP contribution < -0.4 is 5.73 Å².